The first-order chi connectivity index (χ1) is 14.0. The molecular weight excluding hydrogens is 413 g/mol. The summed E-state index contributed by atoms with van der Waals surface area (Å²) in [6, 6.07) is 13.7. The minimum absolute atomic E-state index is 0.231. The fourth-order valence-electron chi connectivity index (χ4n) is 3.24. The van der Waals surface area contributed by atoms with Crippen molar-refractivity contribution in [3.8, 4) is 5.75 Å². The summed E-state index contributed by atoms with van der Waals surface area (Å²) in [5, 5.41) is 8.95. The Morgan fingerprint density at radius 1 is 1.38 bits per heavy atom. The zero-order chi connectivity index (χ0) is 20.8. The normalized spacial score (nSPS) is 16.9. The molecule has 29 heavy (non-hydrogen) atoms. The van der Waals surface area contributed by atoms with E-state index >= 15 is 0 Å². The number of carbonyl (C=O) groups is 1. The van der Waals surface area contributed by atoms with Crippen molar-refractivity contribution in [1.29, 1.82) is 0 Å². The smallest absolute Gasteiger partial charge is 0.368 e. The van der Waals surface area contributed by atoms with Crippen molar-refractivity contribution in [2.45, 2.75) is 31.1 Å². The lowest BCUT2D eigenvalue weighted by Crippen LogP contribution is -2.25. The lowest BCUT2D eigenvalue weighted by Gasteiger charge is -2.28. The summed E-state index contributed by atoms with van der Waals surface area (Å²) in [4.78, 5) is 13.9. The Kier molecular flexibility index (Phi) is 7.45. The van der Waals surface area contributed by atoms with Crippen molar-refractivity contribution in [2.75, 3.05) is 17.2 Å². The predicted molar refractivity (Wildman–Crippen MR) is 116 cm³/mol. The van der Waals surface area contributed by atoms with Gasteiger partial charge in [-0.25, -0.2) is 4.79 Å². The van der Waals surface area contributed by atoms with E-state index in [1.54, 1.807) is 23.9 Å². The molecular formula is C22H23ClFNO3S. The number of rotatable bonds is 7. The van der Waals surface area contributed by atoms with Gasteiger partial charge in [-0.1, -0.05) is 49.6 Å². The predicted octanol–water partition coefficient (Wildman–Crippen LogP) is 6.66. The fourth-order valence-corrected chi connectivity index (χ4v) is 4.64. The van der Waals surface area contributed by atoms with E-state index in [0.29, 0.717) is 17.2 Å². The molecule has 7 heteroatoms. The van der Waals surface area contributed by atoms with E-state index in [0.717, 1.165) is 41.4 Å². The number of ether oxygens (including phenoxy) is 1. The van der Waals surface area contributed by atoms with E-state index in [9.17, 15) is 9.18 Å². The number of halogens is 2. The van der Waals surface area contributed by atoms with Crippen LogP contribution in [0.2, 0.25) is 5.02 Å². The van der Waals surface area contributed by atoms with Crippen LogP contribution in [-0.2, 0) is 4.79 Å². The maximum Gasteiger partial charge on any atom is 0.368 e. The Labute approximate surface area is 179 Å². The summed E-state index contributed by atoms with van der Waals surface area (Å²) in [5.41, 5.74) is 2.06. The van der Waals surface area contributed by atoms with Gasteiger partial charge in [0.25, 0.3) is 0 Å². The minimum atomic E-state index is -1.68. The molecule has 1 heterocycles. The van der Waals surface area contributed by atoms with Gasteiger partial charge in [-0.2, -0.15) is 4.39 Å². The number of carboxylic acids is 1. The van der Waals surface area contributed by atoms with Gasteiger partial charge >= 0.3 is 5.97 Å². The standard InChI is InChI=1S/C22H23ClFNO3S/c1-2-3-7-15-12-25(16-8-5-4-6-9-16)19-10-17(23)20(11-21(19)29-14-15)28-13-18(24)22(26)27/h4-6,8-11,13,15H,2-3,7,12,14H2,1H3,(H,26,27)/b18-13-/t15-/m0/s1. The van der Waals surface area contributed by atoms with E-state index < -0.39 is 11.8 Å². The molecule has 0 spiro atoms. The van der Waals surface area contributed by atoms with Crippen molar-refractivity contribution >= 4 is 40.7 Å². The Hall–Kier alpha value is -2.18. The van der Waals surface area contributed by atoms with Crippen LogP contribution < -0.4 is 9.64 Å². The van der Waals surface area contributed by atoms with Gasteiger partial charge in [0.05, 0.1) is 10.7 Å². The molecule has 0 amide bonds. The fraction of sp³-hybridized carbons (Fsp3) is 0.318. The molecule has 2 aromatic rings. The molecule has 154 valence electrons. The quantitative estimate of drug-likeness (QED) is 0.389. The molecule has 0 aliphatic carbocycles. The molecule has 0 bridgehead atoms. The van der Waals surface area contributed by atoms with E-state index in [4.69, 9.17) is 21.4 Å². The van der Waals surface area contributed by atoms with Crippen LogP contribution >= 0.6 is 23.4 Å². The SMILES string of the molecule is CCCC[C@@H]1CSc2cc(O/C=C(\F)C(=O)O)c(Cl)cc2N(c2ccccc2)C1. The number of aliphatic carboxylic acids is 1. The number of fused-ring (bicyclic) bond motifs is 1. The van der Waals surface area contributed by atoms with Crippen molar-refractivity contribution in [2.24, 2.45) is 5.92 Å². The van der Waals surface area contributed by atoms with Crippen molar-refractivity contribution in [3.63, 3.8) is 0 Å². The van der Waals surface area contributed by atoms with E-state index in [1.165, 1.54) is 6.42 Å². The van der Waals surface area contributed by atoms with E-state index in [2.05, 4.69) is 24.0 Å². The zero-order valence-corrected chi connectivity index (χ0v) is 17.7. The summed E-state index contributed by atoms with van der Waals surface area (Å²) < 4.78 is 18.5. The van der Waals surface area contributed by atoms with Crippen LogP contribution in [0.4, 0.5) is 15.8 Å². The maximum absolute atomic E-state index is 13.3. The highest BCUT2D eigenvalue weighted by molar-refractivity contribution is 7.99. The summed E-state index contributed by atoms with van der Waals surface area (Å²) in [6.45, 7) is 3.08. The number of hydrogen-bond donors (Lipinski definition) is 1. The lowest BCUT2D eigenvalue weighted by atomic mass is 10.0. The van der Waals surface area contributed by atoms with Crippen LogP contribution in [0.1, 0.15) is 26.2 Å². The van der Waals surface area contributed by atoms with Crippen molar-refractivity contribution < 1.29 is 19.0 Å². The minimum Gasteiger partial charge on any atom is -0.476 e. The highest BCUT2D eigenvalue weighted by Crippen LogP contribution is 2.44. The number of thioether (sulfide) groups is 1. The molecule has 0 saturated heterocycles. The molecule has 0 unspecified atom stereocenters. The van der Waals surface area contributed by atoms with Gasteiger partial charge < -0.3 is 14.7 Å². The Balaban J connectivity index is 1.96. The van der Waals surface area contributed by atoms with Crippen LogP contribution in [0.3, 0.4) is 0 Å². The Morgan fingerprint density at radius 3 is 2.83 bits per heavy atom. The first-order valence-electron chi connectivity index (χ1n) is 9.54. The Morgan fingerprint density at radius 2 is 2.14 bits per heavy atom. The van der Waals surface area contributed by atoms with Crippen LogP contribution in [-0.4, -0.2) is 23.4 Å². The van der Waals surface area contributed by atoms with Crippen molar-refractivity contribution in [3.05, 3.63) is 59.6 Å². The highest BCUT2D eigenvalue weighted by Gasteiger charge is 2.25. The molecule has 4 nitrogen and oxygen atoms in total. The van der Waals surface area contributed by atoms with E-state index in [-0.39, 0.29) is 5.75 Å². The average molecular weight is 436 g/mol. The van der Waals surface area contributed by atoms with Gasteiger partial charge in [-0.05, 0) is 36.6 Å². The molecule has 1 atom stereocenters. The number of carboxylic acid groups (broad SMARTS) is 1. The number of anilines is 2. The van der Waals surface area contributed by atoms with Gasteiger partial charge in [0.2, 0.25) is 5.83 Å². The molecule has 0 aromatic heterocycles. The second kappa shape index (κ2) is 10.0. The van der Waals surface area contributed by atoms with Gasteiger partial charge in [-0.15, -0.1) is 11.8 Å². The van der Waals surface area contributed by atoms with Crippen LogP contribution in [0.25, 0.3) is 0 Å². The number of unbranched alkanes of at least 4 members (excludes halogenated alkanes) is 1. The number of hydrogen-bond acceptors (Lipinski definition) is 4. The van der Waals surface area contributed by atoms with Gasteiger partial charge in [0.1, 0.15) is 12.0 Å². The average Bonchev–Trinajstić information content (AvgIpc) is 2.90. The molecule has 0 fully saturated rings. The monoisotopic (exact) mass is 435 g/mol. The molecule has 2 aromatic carbocycles. The number of nitrogens with zero attached hydrogens (tertiary/aromatic N) is 1. The van der Waals surface area contributed by atoms with Gasteiger partial charge in [0.15, 0.2) is 0 Å². The largest absolute Gasteiger partial charge is 0.476 e. The molecule has 1 aliphatic heterocycles. The second-order valence-corrected chi connectivity index (χ2v) is 8.37. The molecule has 0 saturated carbocycles. The van der Waals surface area contributed by atoms with Crippen LogP contribution in [0.15, 0.2) is 59.4 Å². The van der Waals surface area contributed by atoms with Crippen molar-refractivity contribution in [1.82, 2.24) is 0 Å². The summed E-state index contributed by atoms with van der Waals surface area (Å²) in [7, 11) is 0. The molecule has 0 radical (unpaired) electrons. The third kappa shape index (κ3) is 5.46. The third-order valence-electron chi connectivity index (χ3n) is 4.75. The summed E-state index contributed by atoms with van der Waals surface area (Å²) >= 11 is 8.11. The number of benzene rings is 2. The molecule has 1 N–H and O–H groups in total. The maximum atomic E-state index is 13.3. The number of para-hydroxylation sites is 1. The van der Waals surface area contributed by atoms with Gasteiger partial charge in [-0.3, -0.25) is 0 Å². The van der Waals surface area contributed by atoms with Gasteiger partial charge in [0, 0.05) is 22.9 Å². The summed E-state index contributed by atoms with van der Waals surface area (Å²) in [5.74, 6) is -1.36. The van der Waals surface area contributed by atoms with E-state index in [1.807, 2.05) is 18.2 Å². The first kappa shape index (κ1) is 21.5. The Bertz CT molecular complexity index is 891. The van der Waals surface area contributed by atoms with Crippen LogP contribution in [0.5, 0.6) is 5.75 Å². The lowest BCUT2D eigenvalue weighted by molar-refractivity contribution is -0.134. The third-order valence-corrected chi connectivity index (χ3v) is 6.32. The summed E-state index contributed by atoms with van der Waals surface area (Å²) in [6.07, 6.45) is 4.05. The van der Waals surface area contributed by atoms with Crippen LogP contribution in [0, 0.1) is 5.92 Å². The molecule has 1 aliphatic rings. The zero-order valence-electron chi connectivity index (χ0n) is 16.1. The first-order valence-corrected chi connectivity index (χ1v) is 10.9. The molecule has 3 rings (SSSR count). The second-order valence-electron chi connectivity index (χ2n) is 6.90. The topological polar surface area (TPSA) is 49.8 Å². The highest BCUT2D eigenvalue weighted by atomic mass is 35.5.